The molecule has 5 nitrogen and oxygen atoms in total. The highest BCUT2D eigenvalue weighted by atomic mass is 16.3. The first-order valence-electron chi connectivity index (χ1n) is 5.62. The van der Waals surface area contributed by atoms with Crippen molar-refractivity contribution in [2.24, 2.45) is 7.05 Å². The van der Waals surface area contributed by atoms with Crippen LogP contribution in [0.4, 0.5) is 0 Å². The average Bonchev–Trinajstić information content (AvgIpc) is 2.40. The number of hydrogen-bond acceptors (Lipinski definition) is 3. The number of benzene rings is 1. The largest absolute Gasteiger partial charge is 0.395 e. The molecule has 1 N–H and O–H groups in total. The van der Waals surface area contributed by atoms with Gasteiger partial charge in [-0.25, -0.2) is 4.79 Å². The van der Waals surface area contributed by atoms with Gasteiger partial charge >= 0.3 is 5.69 Å². The first-order valence-corrected chi connectivity index (χ1v) is 5.62. The minimum Gasteiger partial charge on any atom is -0.395 e. The lowest BCUT2D eigenvalue weighted by atomic mass is 10.1. The Morgan fingerprint density at radius 2 is 1.83 bits per heavy atom. The van der Waals surface area contributed by atoms with Gasteiger partial charge in [0.2, 0.25) is 0 Å². The Morgan fingerprint density at radius 3 is 2.44 bits per heavy atom. The van der Waals surface area contributed by atoms with Crippen LogP contribution >= 0.6 is 0 Å². The predicted octanol–water partition coefficient (Wildman–Crippen LogP) is 0.206. The van der Waals surface area contributed by atoms with Crippen molar-refractivity contribution in [3.8, 4) is 11.3 Å². The molecular weight excluding hydrogens is 232 g/mol. The van der Waals surface area contributed by atoms with E-state index in [1.54, 1.807) is 7.05 Å². The summed E-state index contributed by atoms with van der Waals surface area (Å²) in [5, 5.41) is 8.84. The van der Waals surface area contributed by atoms with Crippen LogP contribution in [0.15, 0.2) is 46.0 Å². The Balaban J connectivity index is 2.66. The molecule has 0 saturated carbocycles. The molecule has 1 aromatic carbocycles. The van der Waals surface area contributed by atoms with Gasteiger partial charge in [-0.15, -0.1) is 0 Å². The van der Waals surface area contributed by atoms with Crippen molar-refractivity contribution in [3.63, 3.8) is 0 Å². The van der Waals surface area contributed by atoms with E-state index in [4.69, 9.17) is 5.11 Å². The Morgan fingerprint density at radius 1 is 1.17 bits per heavy atom. The summed E-state index contributed by atoms with van der Waals surface area (Å²) in [5.74, 6) is 0. The van der Waals surface area contributed by atoms with Crippen molar-refractivity contribution in [2.45, 2.75) is 6.54 Å². The molecule has 2 aromatic rings. The van der Waals surface area contributed by atoms with Crippen molar-refractivity contribution in [3.05, 3.63) is 57.2 Å². The van der Waals surface area contributed by atoms with Gasteiger partial charge in [0.1, 0.15) is 0 Å². The van der Waals surface area contributed by atoms with E-state index in [1.165, 1.54) is 10.6 Å². The van der Waals surface area contributed by atoms with E-state index in [0.717, 1.165) is 10.1 Å². The van der Waals surface area contributed by atoms with Gasteiger partial charge < -0.3 is 5.11 Å². The Kier molecular flexibility index (Phi) is 3.43. The molecule has 0 atom stereocenters. The summed E-state index contributed by atoms with van der Waals surface area (Å²) in [6.45, 7) is -0.222. The smallest absolute Gasteiger partial charge is 0.331 e. The highest BCUT2D eigenvalue weighted by molar-refractivity contribution is 5.58. The lowest BCUT2D eigenvalue weighted by Gasteiger charge is -2.10. The van der Waals surface area contributed by atoms with Gasteiger partial charge in [0.15, 0.2) is 0 Å². The molecule has 94 valence electrons. The number of aliphatic hydroxyl groups is 1. The quantitative estimate of drug-likeness (QED) is 0.841. The van der Waals surface area contributed by atoms with Crippen LogP contribution < -0.4 is 11.2 Å². The van der Waals surface area contributed by atoms with Gasteiger partial charge in [-0.2, -0.15) is 0 Å². The number of aliphatic hydroxyl groups excluding tert-OH is 1. The monoisotopic (exact) mass is 246 g/mol. The number of aromatic nitrogens is 2. The van der Waals surface area contributed by atoms with E-state index in [0.29, 0.717) is 5.69 Å². The lowest BCUT2D eigenvalue weighted by molar-refractivity contribution is 0.270. The number of nitrogens with zero attached hydrogens (tertiary/aromatic N) is 2. The molecule has 18 heavy (non-hydrogen) atoms. The third-order valence-corrected chi connectivity index (χ3v) is 2.80. The summed E-state index contributed by atoms with van der Waals surface area (Å²) >= 11 is 0. The molecule has 0 aliphatic rings. The normalized spacial score (nSPS) is 10.6. The van der Waals surface area contributed by atoms with E-state index < -0.39 is 11.2 Å². The van der Waals surface area contributed by atoms with E-state index in [2.05, 4.69) is 0 Å². The van der Waals surface area contributed by atoms with Crippen LogP contribution in [-0.2, 0) is 13.6 Å². The zero-order valence-corrected chi connectivity index (χ0v) is 10.0. The fraction of sp³-hybridized carbons (Fsp3) is 0.231. The second kappa shape index (κ2) is 5.01. The lowest BCUT2D eigenvalue weighted by Crippen LogP contribution is -2.39. The zero-order chi connectivity index (χ0) is 13.1. The molecule has 1 aromatic heterocycles. The van der Waals surface area contributed by atoms with Crippen LogP contribution in [0.1, 0.15) is 0 Å². The summed E-state index contributed by atoms with van der Waals surface area (Å²) < 4.78 is 2.43. The molecule has 0 radical (unpaired) electrons. The third-order valence-electron chi connectivity index (χ3n) is 2.80. The number of hydrogen-bond donors (Lipinski definition) is 1. The number of rotatable bonds is 3. The van der Waals surface area contributed by atoms with Gasteiger partial charge in [-0.3, -0.25) is 13.9 Å². The van der Waals surface area contributed by atoms with Crippen molar-refractivity contribution in [1.82, 2.24) is 9.13 Å². The van der Waals surface area contributed by atoms with Crippen molar-refractivity contribution >= 4 is 0 Å². The Labute approximate surface area is 104 Å². The first kappa shape index (κ1) is 12.3. The molecular formula is C13H14N2O3. The van der Waals surface area contributed by atoms with Gasteiger partial charge in [-0.05, 0) is 5.56 Å². The molecule has 1 heterocycles. The second-order valence-electron chi connectivity index (χ2n) is 3.95. The fourth-order valence-corrected chi connectivity index (χ4v) is 1.86. The van der Waals surface area contributed by atoms with Crippen molar-refractivity contribution in [1.29, 1.82) is 0 Å². The van der Waals surface area contributed by atoms with Crippen LogP contribution in [0, 0.1) is 0 Å². The molecule has 0 saturated heterocycles. The first-order chi connectivity index (χ1) is 8.65. The summed E-state index contributed by atoms with van der Waals surface area (Å²) in [7, 11) is 1.61. The maximum atomic E-state index is 12.0. The summed E-state index contributed by atoms with van der Waals surface area (Å²) in [6.07, 6.45) is 0. The van der Waals surface area contributed by atoms with Crippen molar-refractivity contribution < 1.29 is 5.11 Å². The molecule has 0 amide bonds. The third kappa shape index (κ3) is 2.12. The van der Waals surface area contributed by atoms with Gasteiger partial charge in [0.25, 0.3) is 5.56 Å². The van der Waals surface area contributed by atoms with E-state index in [9.17, 15) is 9.59 Å². The van der Waals surface area contributed by atoms with Crippen LogP contribution in [-0.4, -0.2) is 20.8 Å². The Bertz CT molecular complexity index is 656. The van der Waals surface area contributed by atoms with Gasteiger partial charge in [0, 0.05) is 13.1 Å². The maximum absolute atomic E-state index is 12.0. The fourth-order valence-electron chi connectivity index (χ4n) is 1.86. The zero-order valence-electron chi connectivity index (χ0n) is 10.0. The summed E-state index contributed by atoms with van der Waals surface area (Å²) in [4.78, 5) is 23.8. The molecule has 2 rings (SSSR count). The van der Waals surface area contributed by atoms with Crippen LogP contribution in [0.2, 0.25) is 0 Å². The molecule has 0 spiro atoms. The minimum atomic E-state index is -0.421. The van der Waals surface area contributed by atoms with Crippen LogP contribution in [0.25, 0.3) is 11.3 Å². The minimum absolute atomic E-state index is 0.0145. The standard InChI is InChI=1S/C13H14N2O3/c1-14-11(10-5-3-2-4-6-10)9-12(17)15(7-8-16)13(14)18/h2-6,9,16H,7-8H2,1H3. The molecule has 0 aliphatic heterocycles. The summed E-state index contributed by atoms with van der Waals surface area (Å²) in [5.41, 5.74) is 0.562. The molecule has 0 aliphatic carbocycles. The highest BCUT2D eigenvalue weighted by Crippen LogP contribution is 2.14. The molecule has 5 heteroatoms. The highest BCUT2D eigenvalue weighted by Gasteiger charge is 2.09. The van der Waals surface area contributed by atoms with E-state index >= 15 is 0 Å². The molecule has 0 bridgehead atoms. The predicted molar refractivity (Wildman–Crippen MR) is 68.5 cm³/mol. The van der Waals surface area contributed by atoms with Gasteiger partial charge in [0.05, 0.1) is 18.8 Å². The second-order valence-corrected chi connectivity index (χ2v) is 3.95. The SMILES string of the molecule is Cn1c(-c2ccccc2)cc(=O)n(CCO)c1=O. The Hall–Kier alpha value is -2.14. The average molecular weight is 246 g/mol. The van der Waals surface area contributed by atoms with Crippen LogP contribution in [0.5, 0.6) is 0 Å². The maximum Gasteiger partial charge on any atom is 0.331 e. The molecule has 0 unspecified atom stereocenters. The van der Waals surface area contributed by atoms with E-state index in [1.807, 2.05) is 30.3 Å². The van der Waals surface area contributed by atoms with Crippen molar-refractivity contribution in [2.75, 3.05) is 6.61 Å². The summed E-state index contributed by atoms with van der Waals surface area (Å²) in [6, 6.07) is 10.6. The van der Waals surface area contributed by atoms with E-state index in [-0.39, 0.29) is 13.2 Å². The molecule has 0 fully saturated rings. The topological polar surface area (TPSA) is 64.2 Å². The van der Waals surface area contributed by atoms with Gasteiger partial charge in [-0.1, -0.05) is 30.3 Å². The van der Waals surface area contributed by atoms with Crippen LogP contribution in [0.3, 0.4) is 0 Å².